The van der Waals surface area contributed by atoms with Gasteiger partial charge in [0, 0.05) is 34.5 Å². The molecule has 124 valence electrons. The summed E-state index contributed by atoms with van der Waals surface area (Å²) in [6.45, 7) is 2.23. The fourth-order valence-corrected chi connectivity index (χ4v) is 2.58. The van der Waals surface area contributed by atoms with Gasteiger partial charge in [0.05, 0.1) is 12.8 Å². The van der Waals surface area contributed by atoms with E-state index in [1.165, 1.54) is 18.2 Å². The summed E-state index contributed by atoms with van der Waals surface area (Å²) in [6, 6.07) is 6.07. The van der Waals surface area contributed by atoms with Crippen molar-refractivity contribution < 1.29 is 9.13 Å². The van der Waals surface area contributed by atoms with Gasteiger partial charge >= 0.3 is 0 Å². The first-order chi connectivity index (χ1) is 11.5. The van der Waals surface area contributed by atoms with Gasteiger partial charge in [-0.2, -0.15) is 5.10 Å². The summed E-state index contributed by atoms with van der Waals surface area (Å²) in [4.78, 5) is 4.16. The molecule has 3 N–H and O–H groups in total. The predicted molar refractivity (Wildman–Crippen MR) is 91.6 cm³/mol. The minimum Gasteiger partial charge on any atom is -0.489 e. The molecule has 3 rings (SSSR count). The molecule has 0 bridgehead atoms. The van der Waals surface area contributed by atoms with E-state index in [0.29, 0.717) is 35.2 Å². The predicted octanol–water partition coefficient (Wildman–Crippen LogP) is 3.78. The Morgan fingerprint density at radius 1 is 1.29 bits per heavy atom. The number of benzene rings is 1. The number of aromatic amines is 1. The maximum Gasteiger partial charge on any atom is 0.166 e. The second-order valence-corrected chi connectivity index (χ2v) is 5.76. The molecule has 7 heteroatoms. The first-order valence-corrected chi connectivity index (χ1v) is 7.75. The Bertz CT molecular complexity index is 866. The molecule has 2 aromatic heterocycles. The first kappa shape index (κ1) is 16.3. The average Bonchev–Trinajstić information content (AvgIpc) is 2.98. The smallest absolute Gasteiger partial charge is 0.166 e. The summed E-state index contributed by atoms with van der Waals surface area (Å²) < 4.78 is 19.0. The number of nitrogens with two attached hydrogens (primary N) is 1. The molecule has 0 radical (unpaired) electrons. The normalized spacial score (nSPS) is 10.8. The summed E-state index contributed by atoms with van der Waals surface area (Å²) >= 11 is 6.05. The molecule has 0 aliphatic heterocycles. The van der Waals surface area contributed by atoms with E-state index in [4.69, 9.17) is 22.1 Å². The maximum atomic E-state index is 13.3. The summed E-state index contributed by atoms with van der Waals surface area (Å²) in [5, 5.41) is 7.38. The number of nitrogen functional groups attached to an aromatic ring is 1. The van der Waals surface area contributed by atoms with E-state index >= 15 is 0 Å². The van der Waals surface area contributed by atoms with Gasteiger partial charge in [-0.15, -0.1) is 0 Å². The van der Waals surface area contributed by atoms with Crippen molar-refractivity contribution in [2.45, 2.75) is 13.3 Å². The van der Waals surface area contributed by atoms with Crippen LogP contribution in [0.3, 0.4) is 0 Å². The molecule has 3 aromatic rings. The molecule has 0 saturated heterocycles. The summed E-state index contributed by atoms with van der Waals surface area (Å²) in [7, 11) is 0. The van der Waals surface area contributed by atoms with Crippen molar-refractivity contribution in [3.8, 4) is 16.9 Å². The van der Waals surface area contributed by atoms with Gasteiger partial charge in [0.2, 0.25) is 0 Å². The lowest BCUT2D eigenvalue weighted by Gasteiger charge is -2.11. The Labute approximate surface area is 143 Å². The highest BCUT2D eigenvalue weighted by atomic mass is 35.5. The highest BCUT2D eigenvalue weighted by molar-refractivity contribution is 6.31. The van der Waals surface area contributed by atoms with E-state index in [0.717, 1.165) is 16.8 Å². The second-order valence-electron chi connectivity index (χ2n) is 5.35. The molecule has 5 nitrogen and oxygen atoms in total. The first-order valence-electron chi connectivity index (χ1n) is 7.37. The Morgan fingerprint density at radius 3 is 2.88 bits per heavy atom. The van der Waals surface area contributed by atoms with Gasteiger partial charge in [0.15, 0.2) is 11.6 Å². The van der Waals surface area contributed by atoms with Crippen LogP contribution in [0.15, 0.2) is 36.7 Å². The SMILES string of the molecule is Cc1[nH]ncc1-c1cnc(N)c(OCCc2cc(F)ccc2Cl)c1. The van der Waals surface area contributed by atoms with Crippen molar-refractivity contribution in [2.75, 3.05) is 12.3 Å². The van der Waals surface area contributed by atoms with Crippen LogP contribution in [0.2, 0.25) is 5.02 Å². The average molecular weight is 347 g/mol. The van der Waals surface area contributed by atoms with Gasteiger partial charge in [-0.3, -0.25) is 5.10 Å². The number of H-pyrrole nitrogens is 1. The second kappa shape index (κ2) is 6.88. The molecule has 0 saturated carbocycles. The van der Waals surface area contributed by atoms with Crippen molar-refractivity contribution in [3.05, 3.63) is 58.8 Å². The van der Waals surface area contributed by atoms with Crippen LogP contribution in [0.4, 0.5) is 10.2 Å². The summed E-state index contributed by atoms with van der Waals surface area (Å²) in [5.74, 6) is 0.443. The minimum atomic E-state index is -0.326. The molecule has 0 aliphatic rings. The highest BCUT2D eigenvalue weighted by Crippen LogP contribution is 2.28. The van der Waals surface area contributed by atoms with E-state index in [2.05, 4.69) is 15.2 Å². The number of aromatic nitrogens is 3. The van der Waals surface area contributed by atoms with E-state index in [9.17, 15) is 4.39 Å². The molecule has 0 aliphatic carbocycles. The number of pyridine rings is 1. The molecule has 24 heavy (non-hydrogen) atoms. The van der Waals surface area contributed by atoms with Crippen LogP contribution in [0.25, 0.3) is 11.1 Å². The lowest BCUT2D eigenvalue weighted by Crippen LogP contribution is -2.05. The molecule has 0 spiro atoms. The summed E-state index contributed by atoms with van der Waals surface area (Å²) in [5.41, 5.74) is 9.27. The van der Waals surface area contributed by atoms with Crippen molar-refractivity contribution in [1.29, 1.82) is 0 Å². The van der Waals surface area contributed by atoms with E-state index in [-0.39, 0.29) is 5.82 Å². The largest absolute Gasteiger partial charge is 0.489 e. The number of halogens is 2. The molecular formula is C17H16ClFN4O. The number of hydrogen-bond acceptors (Lipinski definition) is 4. The summed E-state index contributed by atoms with van der Waals surface area (Å²) in [6.07, 6.45) is 3.85. The van der Waals surface area contributed by atoms with Crippen molar-refractivity contribution in [3.63, 3.8) is 0 Å². The molecule has 0 unspecified atom stereocenters. The van der Waals surface area contributed by atoms with Crippen LogP contribution in [-0.4, -0.2) is 21.8 Å². The van der Waals surface area contributed by atoms with Crippen LogP contribution < -0.4 is 10.5 Å². The van der Waals surface area contributed by atoms with E-state index in [1.54, 1.807) is 12.4 Å². The van der Waals surface area contributed by atoms with Gasteiger partial charge in [-0.1, -0.05) is 11.6 Å². The Kier molecular flexibility index (Phi) is 4.66. The van der Waals surface area contributed by atoms with Crippen LogP contribution >= 0.6 is 11.6 Å². The fraction of sp³-hybridized carbons (Fsp3) is 0.176. The van der Waals surface area contributed by atoms with Crippen LogP contribution in [-0.2, 0) is 6.42 Å². The number of nitrogens with zero attached hydrogens (tertiary/aromatic N) is 2. The fourth-order valence-electron chi connectivity index (χ4n) is 2.37. The van der Waals surface area contributed by atoms with Crippen LogP contribution in [0, 0.1) is 12.7 Å². The lowest BCUT2D eigenvalue weighted by atomic mass is 10.1. The third-order valence-electron chi connectivity index (χ3n) is 3.66. The molecule has 0 atom stereocenters. The topological polar surface area (TPSA) is 76.8 Å². The maximum absolute atomic E-state index is 13.3. The van der Waals surface area contributed by atoms with Gasteiger partial charge in [0.25, 0.3) is 0 Å². The van der Waals surface area contributed by atoms with Crippen molar-refractivity contribution in [1.82, 2.24) is 15.2 Å². The monoisotopic (exact) mass is 346 g/mol. The van der Waals surface area contributed by atoms with Gasteiger partial charge in [0.1, 0.15) is 5.82 Å². The Balaban J connectivity index is 1.73. The zero-order valence-electron chi connectivity index (χ0n) is 13.0. The number of anilines is 1. The molecule has 0 fully saturated rings. The van der Waals surface area contributed by atoms with Gasteiger partial charge in [-0.05, 0) is 36.8 Å². The zero-order valence-corrected chi connectivity index (χ0v) is 13.8. The number of hydrogen-bond donors (Lipinski definition) is 2. The zero-order chi connectivity index (χ0) is 17.1. The molecular weight excluding hydrogens is 331 g/mol. The van der Waals surface area contributed by atoms with Crippen molar-refractivity contribution >= 4 is 17.4 Å². The van der Waals surface area contributed by atoms with Gasteiger partial charge in [-0.25, -0.2) is 9.37 Å². The van der Waals surface area contributed by atoms with E-state index in [1.807, 2.05) is 13.0 Å². The number of ether oxygens (including phenoxy) is 1. The van der Waals surface area contributed by atoms with Gasteiger partial charge < -0.3 is 10.5 Å². The Hall–Kier alpha value is -2.60. The lowest BCUT2D eigenvalue weighted by molar-refractivity contribution is 0.322. The number of rotatable bonds is 5. The standard InChI is InChI=1S/C17H16ClFN4O/c1-10-14(9-22-23-10)12-7-16(17(20)21-8-12)24-5-4-11-6-13(19)2-3-15(11)18/h2-3,6-9H,4-5H2,1H3,(H2,20,21)(H,22,23). The Morgan fingerprint density at radius 2 is 2.12 bits per heavy atom. The van der Waals surface area contributed by atoms with Crippen molar-refractivity contribution in [2.24, 2.45) is 0 Å². The third-order valence-corrected chi connectivity index (χ3v) is 4.03. The molecule has 1 aromatic carbocycles. The quantitative estimate of drug-likeness (QED) is 0.737. The molecule has 0 amide bonds. The van der Waals surface area contributed by atoms with Crippen LogP contribution in [0.5, 0.6) is 5.75 Å². The molecule has 2 heterocycles. The van der Waals surface area contributed by atoms with E-state index < -0.39 is 0 Å². The number of nitrogens with one attached hydrogen (secondary N) is 1. The third kappa shape index (κ3) is 3.49. The highest BCUT2D eigenvalue weighted by Gasteiger charge is 2.10. The van der Waals surface area contributed by atoms with Crippen LogP contribution in [0.1, 0.15) is 11.3 Å². The number of aryl methyl sites for hydroxylation is 1. The minimum absolute atomic E-state index is 0.297.